The molecule has 0 bridgehead atoms. The Morgan fingerprint density at radius 3 is 2.50 bits per heavy atom. The Kier molecular flexibility index (Phi) is 4.70. The molecular weight excluding hydrogens is 373 g/mol. The number of furan rings is 1. The molecule has 2 aromatic rings. The van der Waals surface area contributed by atoms with Gasteiger partial charge in [-0.2, -0.15) is 13.2 Å². The number of anilines is 1. The Morgan fingerprint density at radius 1 is 1.19 bits per heavy atom. The minimum absolute atomic E-state index is 0.0434. The predicted octanol–water partition coefficient (Wildman–Crippen LogP) is 3.99. The number of nitrogens with one attached hydrogen (secondary N) is 2. The fourth-order valence-electron chi connectivity index (χ4n) is 2.47. The van der Waals surface area contributed by atoms with Crippen molar-refractivity contribution in [2.45, 2.75) is 25.6 Å². The minimum atomic E-state index is -4.57. The molecule has 0 aliphatic heterocycles. The topological polar surface area (TPSA) is 71.3 Å². The normalized spacial score (nSPS) is 15.4. The second-order valence-corrected chi connectivity index (χ2v) is 6.40. The molecule has 5 nitrogen and oxygen atoms in total. The lowest BCUT2D eigenvalue weighted by Crippen LogP contribution is -2.39. The van der Waals surface area contributed by atoms with E-state index in [1.807, 2.05) is 0 Å². The van der Waals surface area contributed by atoms with Gasteiger partial charge in [-0.15, -0.1) is 0 Å². The van der Waals surface area contributed by atoms with Crippen molar-refractivity contribution in [2.75, 3.05) is 5.32 Å². The number of amides is 2. The third kappa shape index (κ3) is 3.70. The number of carbonyl (C=O) groups excluding carboxylic acids is 2. The van der Waals surface area contributed by atoms with Crippen molar-refractivity contribution in [3.63, 3.8) is 0 Å². The van der Waals surface area contributed by atoms with Crippen molar-refractivity contribution < 1.29 is 27.2 Å². The number of hydrogen-bond acceptors (Lipinski definition) is 3. The summed E-state index contributed by atoms with van der Waals surface area (Å²) in [6, 6.07) is 5.95. The maximum absolute atomic E-state index is 12.8. The molecule has 0 spiro atoms. The highest BCUT2D eigenvalue weighted by Crippen LogP contribution is 2.47. The van der Waals surface area contributed by atoms with E-state index in [0.29, 0.717) is 18.6 Å². The van der Waals surface area contributed by atoms with E-state index in [0.717, 1.165) is 18.2 Å². The van der Waals surface area contributed by atoms with Gasteiger partial charge < -0.3 is 15.1 Å². The van der Waals surface area contributed by atoms with Crippen molar-refractivity contribution in [1.82, 2.24) is 5.32 Å². The molecule has 1 heterocycles. The van der Waals surface area contributed by atoms with Gasteiger partial charge in [0.05, 0.1) is 29.1 Å². The van der Waals surface area contributed by atoms with Crippen LogP contribution >= 0.6 is 11.6 Å². The Labute approximate surface area is 151 Å². The first-order valence-electron chi connectivity index (χ1n) is 7.71. The van der Waals surface area contributed by atoms with Crippen molar-refractivity contribution in [3.05, 3.63) is 52.9 Å². The van der Waals surface area contributed by atoms with Crippen LogP contribution in [0.5, 0.6) is 0 Å². The lowest BCUT2D eigenvalue weighted by atomic mass is 10.0. The SMILES string of the molecule is O=C(NCc1ccco1)C1(C(=O)Nc2cc(C(F)(F)F)ccc2Cl)CC1. The summed E-state index contributed by atoms with van der Waals surface area (Å²) in [5, 5.41) is 4.90. The second kappa shape index (κ2) is 6.68. The number of rotatable bonds is 5. The highest BCUT2D eigenvalue weighted by Gasteiger charge is 2.56. The quantitative estimate of drug-likeness (QED) is 0.763. The van der Waals surface area contributed by atoms with Crippen molar-refractivity contribution in [2.24, 2.45) is 5.41 Å². The Morgan fingerprint density at radius 2 is 1.92 bits per heavy atom. The predicted molar refractivity (Wildman–Crippen MR) is 87.3 cm³/mol. The molecule has 26 heavy (non-hydrogen) atoms. The average molecular weight is 387 g/mol. The number of halogens is 4. The van der Waals surface area contributed by atoms with Crippen molar-refractivity contribution >= 4 is 29.1 Å². The molecule has 0 unspecified atom stereocenters. The molecule has 2 N–H and O–H groups in total. The van der Waals surface area contributed by atoms with E-state index in [1.165, 1.54) is 6.26 Å². The fourth-order valence-corrected chi connectivity index (χ4v) is 2.64. The molecule has 138 valence electrons. The van der Waals surface area contributed by atoms with Crippen LogP contribution < -0.4 is 10.6 Å². The highest BCUT2D eigenvalue weighted by atomic mass is 35.5. The summed E-state index contributed by atoms with van der Waals surface area (Å²) in [4.78, 5) is 24.8. The molecule has 0 saturated heterocycles. The summed E-state index contributed by atoms with van der Waals surface area (Å²) in [6.45, 7) is 0.116. The van der Waals surface area contributed by atoms with E-state index in [-0.39, 0.29) is 17.3 Å². The molecule has 1 aliphatic carbocycles. The molecule has 1 fully saturated rings. The first-order valence-corrected chi connectivity index (χ1v) is 8.09. The Hall–Kier alpha value is -2.48. The largest absolute Gasteiger partial charge is 0.467 e. The van der Waals surface area contributed by atoms with Gasteiger partial charge in [-0.25, -0.2) is 0 Å². The fraction of sp³-hybridized carbons (Fsp3) is 0.294. The van der Waals surface area contributed by atoms with E-state index < -0.39 is 29.0 Å². The van der Waals surface area contributed by atoms with E-state index in [4.69, 9.17) is 16.0 Å². The Balaban J connectivity index is 1.70. The van der Waals surface area contributed by atoms with Crippen LogP contribution in [0.2, 0.25) is 5.02 Å². The van der Waals surface area contributed by atoms with Crippen LogP contribution in [0.3, 0.4) is 0 Å². The lowest BCUT2D eigenvalue weighted by molar-refractivity contribution is -0.138. The third-order valence-electron chi connectivity index (χ3n) is 4.16. The van der Waals surface area contributed by atoms with Gasteiger partial charge in [-0.1, -0.05) is 11.6 Å². The van der Waals surface area contributed by atoms with Crippen LogP contribution in [0.25, 0.3) is 0 Å². The van der Waals surface area contributed by atoms with Crippen LogP contribution in [0, 0.1) is 5.41 Å². The minimum Gasteiger partial charge on any atom is -0.467 e. The lowest BCUT2D eigenvalue weighted by Gasteiger charge is -2.16. The van der Waals surface area contributed by atoms with E-state index in [2.05, 4.69) is 10.6 Å². The summed E-state index contributed by atoms with van der Waals surface area (Å²) in [5.41, 5.74) is -2.43. The number of carbonyl (C=O) groups is 2. The summed E-state index contributed by atoms with van der Waals surface area (Å²) < 4.78 is 43.5. The van der Waals surface area contributed by atoms with Gasteiger partial charge in [0.25, 0.3) is 0 Å². The molecule has 1 aromatic heterocycles. The first kappa shape index (κ1) is 18.3. The van der Waals surface area contributed by atoms with E-state index in [9.17, 15) is 22.8 Å². The standard InChI is InChI=1S/C17H14ClF3N2O3/c18-12-4-3-10(17(19,20)21)8-13(12)23-15(25)16(5-6-16)14(24)22-9-11-2-1-7-26-11/h1-4,7-8H,5-6,9H2,(H,22,24)(H,23,25). The zero-order valence-corrected chi connectivity index (χ0v) is 14.1. The van der Waals surface area contributed by atoms with Crippen molar-refractivity contribution in [3.8, 4) is 0 Å². The number of alkyl halides is 3. The zero-order valence-electron chi connectivity index (χ0n) is 13.3. The smallest absolute Gasteiger partial charge is 0.416 e. The molecule has 0 radical (unpaired) electrons. The van der Waals surface area contributed by atoms with Gasteiger partial charge in [-0.3, -0.25) is 9.59 Å². The first-order chi connectivity index (χ1) is 12.2. The van der Waals surface area contributed by atoms with Crippen LogP contribution in [-0.2, 0) is 22.3 Å². The maximum atomic E-state index is 12.8. The molecule has 0 atom stereocenters. The third-order valence-corrected chi connectivity index (χ3v) is 4.49. The summed E-state index contributed by atoms with van der Waals surface area (Å²) >= 11 is 5.87. The van der Waals surface area contributed by atoms with Gasteiger partial charge in [0.2, 0.25) is 11.8 Å². The molecule has 1 saturated carbocycles. The van der Waals surface area contributed by atoms with Crippen LogP contribution in [0.4, 0.5) is 18.9 Å². The van der Waals surface area contributed by atoms with E-state index >= 15 is 0 Å². The molecule has 9 heteroatoms. The molecule has 1 aromatic carbocycles. The van der Waals surface area contributed by atoms with Gasteiger partial charge >= 0.3 is 6.18 Å². The summed E-state index contributed by atoms with van der Waals surface area (Å²) in [6.07, 6.45) is -2.50. The highest BCUT2D eigenvalue weighted by molar-refractivity contribution is 6.34. The second-order valence-electron chi connectivity index (χ2n) is 5.99. The van der Waals surface area contributed by atoms with E-state index in [1.54, 1.807) is 12.1 Å². The van der Waals surface area contributed by atoms with Crippen LogP contribution in [0.1, 0.15) is 24.2 Å². The van der Waals surface area contributed by atoms with Crippen LogP contribution in [0.15, 0.2) is 41.0 Å². The monoisotopic (exact) mass is 386 g/mol. The summed E-state index contributed by atoms with van der Waals surface area (Å²) in [5.74, 6) is -0.666. The van der Waals surface area contributed by atoms with Gasteiger partial charge in [0, 0.05) is 0 Å². The average Bonchev–Trinajstić information content (AvgIpc) is 3.23. The van der Waals surface area contributed by atoms with Crippen LogP contribution in [-0.4, -0.2) is 11.8 Å². The Bertz CT molecular complexity index is 830. The van der Waals surface area contributed by atoms with Crippen molar-refractivity contribution in [1.29, 1.82) is 0 Å². The number of benzene rings is 1. The molecule has 2 amide bonds. The maximum Gasteiger partial charge on any atom is 0.416 e. The van der Waals surface area contributed by atoms with Gasteiger partial charge in [0.15, 0.2) is 0 Å². The molecule has 3 rings (SSSR count). The number of hydrogen-bond donors (Lipinski definition) is 2. The zero-order chi connectivity index (χ0) is 18.9. The molecule has 1 aliphatic rings. The van der Waals surface area contributed by atoms with Gasteiger partial charge in [0.1, 0.15) is 11.2 Å². The summed E-state index contributed by atoms with van der Waals surface area (Å²) in [7, 11) is 0. The van der Waals surface area contributed by atoms with Gasteiger partial charge in [-0.05, 0) is 43.2 Å². The molecular formula is C17H14ClF3N2O3.